The van der Waals surface area contributed by atoms with E-state index in [4.69, 9.17) is 28.8 Å². The molecule has 0 saturated carbocycles. The number of carboxylic acid groups (broad SMARTS) is 1. The van der Waals surface area contributed by atoms with Crippen molar-refractivity contribution in [1.82, 2.24) is 5.32 Å². The molecule has 2 aromatic carbocycles. The lowest BCUT2D eigenvalue weighted by Gasteiger charge is -2.17. The van der Waals surface area contributed by atoms with Gasteiger partial charge in [0.15, 0.2) is 0 Å². The highest BCUT2D eigenvalue weighted by Gasteiger charge is 2.31. The van der Waals surface area contributed by atoms with E-state index >= 15 is 0 Å². The highest BCUT2D eigenvalue weighted by molar-refractivity contribution is 7.85. The maximum atomic E-state index is 12.7. The van der Waals surface area contributed by atoms with Crippen LogP contribution in [0.1, 0.15) is 29.9 Å². The average molecular weight is 638 g/mol. The number of amides is 1. The van der Waals surface area contributed by atoms with Gasteiger partial charge in [-0.15, -0.1) is 0 Å². The van der Waals surface area contributed by atoms with Crippen molar-refractivity contribution < 1.29 is 56.1 Å². The Labute approximate surface area is 256 Å². The molecular formula is C30H39NO12S. The van der Waals surface area contributed by atoms with Crippen molar-refractivity contribution in [2.45, 2.75) is 18.8 Å². The van der Waals surface area contributed by atoms with Crippen LogP contribution in [-0.2, 0) is 48.2 Å². The number of carboxylic acids is 1. The molecule has 14 heteroatoms. The van der Waals surface area contributed by atoms with Gasteiger partial charge in [-0.25, -0.2) is 0 Å². The molecule has 1 amide bonds. The minimum absolute atomic E-state index is 0.0259. The Hall–Kier alpha value is -3.40. The van der Waals surface area contributed by atoms with Gasteiger partial charge < -0.3 is 34.1 Å². The molecule has 13 nitrogen and oxygen atoms in total. The highest BCUT2D eigenvalue weighted by atomic mass is 32.2. The molecule has 0 unspecified atom stereocenters. The lowest BCUT2D eigenvalue weighted by Crippen LogP contribution is -2.38. The highest BCUT2D eigenvalue weighted by Crippen LogP contribution is 2.44. The SMILES string of the molecule is O=C(O)CCOCCOCCOCCOCCNC(=O)[C@@H](CC(=O)OCC1c2ccccc2-c2ccccc21)CS(=O)(=O)O. The molecule has 2 aromatic rings. The smallest absolute Gasteiger partial charge is 0.306 e. The van der Waals surface area contributed by atoms with Crippen molar-refractivity contribution in [3.05, 3.63) is 59.7 Å². The number of hydrogen-bond acceptors (Lipinski definition) is 10. The Morgan fingerprint density at radius 3 is 1.80 bits per heavy atom. The third-order valence-electron chi connectivity index (χ3n) is 6.69. The number of hydrogen-bond donors (Lipinski definition) is 3. The van der Waals surface area contributed by atoms with Crippen LogP contribution in [0.5, 0.6) is 0 Å². The number of nitrogens with one attached hydrogen (secondary N) is 1. The van der Waals surface area contributed by atoms with Crippen LogP contribution < -0.4 is 5.32 Å². The topological polar surface area (TPSA) is 184 Å². The fourth-order valence-corrected chi connectivity index (χ4v) is 5.45. The third kappa shape index (κ3) is 12.3. The van der Waals surface area contributed by atoms with Crippen LogP contribution in [0.4, 0.5) is 0 Å². The van der Waals surface area contributed by atoms with Gasteiger partial charge in [0.1, 0.15) is 6.61 Å². The summed E-state index contributed by atoms with van der Waals surface area (Å²) >= 11 is 0. The average Bonchev–Trinajstić information content (AvgIpc) is 3.30. The summed E-state index contributed by atoms with van der Waals surface area (Å²) < 4.78 is 59.1. The van der Waals surface area contributed by atoms with Crippen LogP contribution >= 0.6 is 0 Å². The Bertz CT molecular complexity index is 1290. The molecule has 1 aliphatic rings. The fourth-order valence-electron chi connectivity index (χ4n) is 4.67. The Morgan fingerprint density at radius 1 is 0.773 bits per heavy atom. The first-order valence-electron chi connectivity index (χ1n) is 14.2. The van der Waals surface area contributed by atoms with Crippen LogP contribution in [0.15, 0.2) is 48.5 Å². The van der Waals surface area contributed by atoms with Crippen molar-refractivity contribution >= 4 is 28.0 Å². The van der Waals surface area contributed by atoms with E-state index in [0.717, 1.165) is 22.3 Å². The predicted octanol–water partition coefficient (Wildman–Crippen LogP) is 1.89. The van der Waals surface area contributed by atoms with Gasteiger partial charge in [-0.2, -0.15) is 8.42 Å². The van der Waals surface area contributed by atoms with Crippen molar-refractivity contribution in [1.29, 1.82) is 0 Å². The zero-order valence-corrected chi connectivity index (χ0v) is 25.2. The number of rotatable bonds is 22. The monoisotopic (exact) mass is 637 g/mol. The first-order chi connectivity index (χ1) is 21.2. The molecule has 1 atom stereocenters. The third-order valence-corrected chi connectivity index (χ3v) is 7.51. The first-order valence-corrected chi connectivity index (χ1v) is 15.9. The molecule has 0 aromatic heterocycles. The zero-order valence-electron chi connectivity index (χ0n) is 24.4. The van der Waals surface area contributed by atoms with Crippen molar-refractivity contribution in [2.75, 3.05) is 71.8 Å². The molecule has 1 aliphatic carbocycles. The lowest BCUT2D eigenvalue weighted by molar-refractivity contribution is -0.146. The van der Waals surface area contributed by atoms with E-state index in [9.17, 15) is 27.4 Å². The van der Waals surface area contributed by atoms with Gasteiger partial charge in [0.25, 0.3) is 10.1 Å². The first kappa shape index (κ1) is 35.1. The Balaban J connectivity index is 1.32. The lowest BCUT2D eigenvalue weighted by atomic mass is 9.98. The molecule has 3 N–H and O–H groups in total. The summed E-state index contributed by atoms with van der Waals surface area (Å²) in [6, 6.07) is 15.6. The van der Waals surface area contributed by atoms with Gasteiger partial charge >= 0.3 is 11.9 Å². The summed E-state index contributed by atoms with van der Waals surface area (Å²) in [4.78, 5) is 35.7. The number of carbonyl (C=O) groups excluding carboxylic acids is 2. The summed E-state index contributed by atoms with van der Waals surface area (Å²) in [5, 5.41) is 11.0. The van der Waals surface area contributed by atoms with Gasteiger partial charge in [0.2, 0.25) is 5.91 Å². The van der Waals surface area contributed by atoms with E-state index in [0.29, 0.717) is 26.4 Å². The number of benzene rings is 2. The molecule has 3 rings (SSSR count). The maximum absolute atomic E-state index is 12.7. The minimum atomic E-state index is -4.54. The van der Waals surface area contributed by atoms with Crippen LogP contribution in [-0.4, -0.2) is 108 Å². The zero-order chi connectivity index (χ0) is 31.8. The number of ether oxygens (including phenoxy) is 5. The minimum Gasteiger partial charge on any atom is -0.481 e. The van der Waals surface area contributed by atoms with Crippen LogP contribution in [0, 0.1) is 5.92 Å². The van der Waals surface area contributed by atoms with Gasteiger partial charge in [0, 0.05) is 12.5 Å². The van der Waals surface area contributed by atoms with E-state index in [1.165, 1.54) is 0 Å². The second-order valence-electron chi connectivity index (χ2n) is 9.94. The number of aliphatic carboxylic acids is 1. The van der Waals surface area contributed by atoms with Crippen LogP contribution in [0.25, 0.3) is 11.1 Å². The standard InChI is InChI=1S/C30H39NO12S/c32-28(33)9-11-39-13-15-41-17-18-42-16-14-40-12-10-31-30(35)22(21-44(36,37)38)19-29(34)43-20-27-25-7-3-1-5-23(25)24-6-2-4-8-26(24)27/h1-8,22,27H,9-21H2,(H,31,35)(H,32,33)(H,36,37,38)/t22-/m0/s1. The van der Waals surface area contributed by atoms with Gasteiger partial charge in [-0.3, -0.25) is 18.9 Å². The fraction of sp³-hybridized carbons (Fsp3) is 0.500. The summed E-state index contributed by atoms with van der Waals surface area (Å²) in [6.45, 7) is 2.10. The van der Waals surface area contributed by atoms with Gasteiger partial charge in [-0.05, 0) is 22.3 Å². The second-order valence-corrected chi connectivity index (χ2v) is 11.4. The van der Waals surface area contributed by atoms with Crippen molar-refractivity contribution in [2.24, 2.45) is 5.92 Å². The molecule has 0 fully saturated rings. The normalized spacial score (nSPS) is 13.2. The van der Waals surface area contributed by atoms with Crippen molar-refractivity contribution in [3.8, 4) is 11.1 Å². The molecule has 0 spiro atoms. The number of fused-ring (bicyclic) bond motifs is 3. The van der Waals surface area contributed by atoms with Crippen molar-refractivity contribution in [3.63, 3.8) is 0 Å². The number of carbonyl (C=O) groups is 3. The van der Waals surface area contributed by atoms with Gasteiger partial charge in [-0.1, -0.05) is 48.5 Å². The van der Waals surface area contributed by atoms with E-state index in [1.54, 1.807) is 0 Å². The van der Waals surface area contributed by atoms with Crippen LogP contribution in [0.2, 0.25) is 0 Å². The molecular weight excluding hydrogens is 598 g/mol. The van der Waals surface area contributed by atoms with E-state index in [1.807, 2.05) is 48.5 Å². The molecule has 242 valence electrons. The predicted molar refractivity (Wildman–Crippen MR) is 158 cm³/mol. The number of esters is 1. The second kappa shape index (κ2) is 18.4. The largest absolute Gasteiger partial charge is 0.481 e. The summed E-state index contributed by atoms with van der Waals surface area (Å²) in [5.74, 6) is -4.85. The molecule has 44 heavy (non-hydrogen) atoms. The molecule has 0 radical (unpaired) electrons. The molecule has 0 heterocycles. The molecule has 0 saturated heterocycles. The van der Waals surface area contributed by atoms with Crippen LogP contribution in [0.3, 0.4) is 0 Å². The van der Waals surface area contributed by atoms with E-state index < -0.39 is 46.1 Å². The summed E-state index contributed by atoms with van der Waals surface area (Å²) in [5.41, 5.74) is 4.16. The van der Waals surface area contributed by atoms with E-state index in [2.05, 4.69) is 5.32 Å². The maximum Gasteiger partial charge on any atom is 0.306 e. The quantitative estimate of drug-likeness (QED) is 0.0969. The molecule has 0 aliphatic heterocycles. The van der Waals surface area contributed by atoms with E-state index in [-0.39, 0.29) is 51.9 Å². The summed E-state index contributed by atoms with van der Waals surface area (Å²) in [7, 11) is -4.54. The van der Waals surface area contributed by atoms with Gasteiger partial charge in [0.05, 0.1) is 77.4 Å². The Kier molecular flexibility index (Phi) is 14.7. The Morgan fingerprint density at radius 2 is 1.27 bits per heavy atom. The summed E-state index contributed by atoms with van der Waals surface area (Å²) in [6.07, 6.45) is -0.577. The molecule has 0 bridgehead atoms.